The van der Waals surface area contributed by atoms with E-state index in [9.17, 15) is 0 Å². The van der Waals surface area contributed by atoms with Crippen molar-refractivity contribution >= 4 is 0 Å². The molecule has 0 unspecified atom stereocenters. The summed E-state index contributed by atoms with van der Waals surface area (Å²) in [6.07, 6.45) is 2.97. The SMILES string of the molecule is CCc1ccc(OCCCCOc2ccccc2OC)cc1. The molecule has 0 bridgehead atoms. The summed E-state index contributed by atoms with van der Waals surface area (Å²) in [5, 5.41) is 0. The second-order valence-electron chi connectivity index (χ2n) is 5.05. The minimum absolute atomic E-state index is 0.665. The Balaban J connectivity index is 1.63. The molecule has 3 nitrogen and oxygen atoms in total. The Morgan fingerprint density at radius 3 is 2.05 bits per heavy atom. The lowest BCUT2D eigenvalue weighted by atomic mass is 10.2. The number of ether oxygens (including phenoxy) is 3. The highest BCUT2D eigenvalue weighted by Gasteiger charge is 2.02. The van der Waals surface area contributed by atoms with Crippen molar-refractivity contribution in [3.63, 3.8) is 0 Å². The van der Waals surface area contributed by atoms with Crippen LogP contribution in [0.2, 0.25) is 0 Å². The minimum atomic E-state index is 0.665. The van der Waals surface area contributed by atoms with Crippen molar-refractivity contribution in [2.75, 3.05) is 20.3 Å². The van der Waals surface area contributed by atoms with Gasteiger partial charge in [-0.15, -0.1) is 0 Å². The van der Waals surface area contributed by atoms with Gasteiger partial charge in [-0.05, 0) is 49.1 Å². The summed E-state index contributed by atoms with van der Waals surface area (Å²) in [5.74, 6) is 2.50. The van der Waals surface area contributed by atoms with E-state index in [2.05, 4.69) is 19.1 Å². The number of hydrogen-bond donors (Lipinski definition) is 0. The largest absolute Gasteiger partial charge is 0.494 e. The molecular formula is C19H24O3. The fraction of sp³-hybridized carbons (Fsp3) is 0.368. The molecule has 0 amide bonds. The van der Waals surface area contributed by atoms with Crippen LogP contribution in [0.25, 0.3) is 0 Å². The van der Waals surface area contributed by atoms with Gasteiger partial charge in [-0.3, -0.25) is 0 Å². The normalized spacial score (nSPS) is 10.3. The van der Waals surface area contributed by atoms with Gasteiger partial charge in [-0.2, -0.15) is 0 Å². The average Bonchev–Trinajstić information content (AvgIpc) is 2.58. The summed E-state index contributed by atoms with van der Waals surface area (Å²) >= 11 is 0. The predicted octanol–water partition coefficient (Wildman–Crippen LogP) is 4.50. The van der Waals surface area contributed by atoms with E-state index in [1.807, 2.05) is 36.4 Å². The van der Waals surface area contributed by atoms with E-state index in [0.717, 1.165) is 36.5 Å². The predicted molar refractivity (Wildman–Crippen MR) is 89.0 cm³/mol. The Morgan fingerprint density at radius 1 is 0.773 bits per heavy atom. The molecule has 0 aromatic heterocycles. The Kier molecular flexibility index (Phi) is 6.62. The maximum absolute atomic E-state index is 5.73. The van der Waals surface area contributed by atoms with Crippen molar-refractivity contribution in [1.29, 1.82) is 0 Å². The lowest BCUT2D eigenvalue weighted by molar-refractivity contribution is 0.258. The van der Waals surface area contributed by atoms with Gasteiger partial charge in [0.05, 0.1) is 20.3 Å². The Morgan fingerprint density at radius 2 is 1.41 bits per heavy atom. The molecule has 22 heavy (non-hydrogen) atoms. The summed E-state index contributed by atoms with van der Waals surface area (Å²) in [7, 11) is 1.65. The van der Waals surface area contributed by atoms with Crippen molar-refractivity contribution in [2.24, 2.45) is 0 Å². The monoisotopic (exact) mass is 300 g/mol. The van der Waals surface area contributed by atoms with Crippen molar-refractivity contribution in [1.82, 2.24) is 0 Å². The molecule has 0 radical (unpaired) electrons. The summed E-state index contributed by atoms with van der Waals surface area (Å²) in [6.45, 7) is 3.52. The Hall–Kier alpha value is -2.16. The van der Waals surface area contributed by atoms with Gasteiger partial charge < -0.3 is 14.2 Å². The van der Waals surface area contributed by atoms with Crippen LogP contribution in [0.3, 0.4) is 0 Å². The van der Waals surface area contributed by atoms with Crippen LogP contribution < -0.4 is 14.2 Å². The van der Waals surface area contributed by atoms with Gasteiger partial charge in [-0.1, -0.05) is 31.2 Å². The van der Waals surface area contributed by atoms with Crippen LogP contribution in [0.1, 0.15) is 25.3 Å². The quantitative estimate of drug-likeness (QED) is 0.638. The molecule has 0 aliphatic rings. The molecule has 118 valence electrons. The molecule has 0 aliphatic carbocycles. The lowest BCUT2D eigenvalue weighted by Gasteiger charge is -2.10. The number of hydrogen-bond acceptors (Lipinski definition) is 3. The van der Waals surface area contributed by atoms with Crippen LogP contribution in [0.5, 0.6) is 17.2 Å². The first-order valence-corrected chi connectivity index (χ1v) is 7.81. The smallest absolute Gasteiger partial charge is 0.161 e. The van der Waals surface area contributed by atoms with E-state index in [0.29, 0.717) is 13.2 Å². The Bertz CT molecular complexity index is 549. The van der Waals surface area contributed by atoms with Gasteiger partial charge >= 0.3 is 0 Å². The van der Waals surface area contributed by atoms with Gasteiger partial charge in [0, 0.05) is 0 Å². The average molecular weight is 300 g/mol. The van der Waals surface area contributed by atoms with E-state index in [1.54, 1.807) is 7.11 Å². The van der Waals surface area contributed by atoms with E-state index in [4.69, 9.17) is 14.2 Å². The molecule has 2 aromatic carbocycles. The number of unbranched alkanes of at least 4 members (excludes halogenated alkanes) is 1. The summed E-state index contributed by atoms with van der Waals surface area (Å²) in [4.78, 5) is 0. The molecule has 2 aromatic rings. The third-order valence-electron chi connectivity index (χ3n) is 3.47. The first-order chi connectivity index (χ1) is 10.8. The third-order valence-corrected chi connectivity index (χ3v) is 3.47. The van der Waals surface area contributed by atoms with E-state index < -0.39 is 0 Å². The van der Waals surface area contributed by atoms with Crippen molar-refractivity contribution in [3.8, 4) is 17.2 Å². The van der Waals surface area contributed by atoms with Crippen LogP contribution in [0, 0.1) is 0 Å². The Labute approximate surface area is 132 Å². The fourth-order valence-electron chi connectivity index (χ4n) is 2.14. The second-order valence-corrected chi connectivity index (χ2v) is 5.05. The van der Waals surface area contributed by atoms with E-state index >= 15 is 0 Å². The number of aryl methyl sites for hydroxylation is 1. The molecule has 2 rings (SSSR count). The highest BCUT2D eigenvalue weighted by Crippen LogP contribution is 2.25. The zero-order valence-electron chi connectivity index (χ0n) is 13.4. The maximum atomic E-state index is 5.73. The summed E-state index contributed by atoms with van der Waals surface area (Å²) in [5.41, 5.74) is 1.33. The number of benzene rings is 2. The zero-order valence-corrected chi connectivity index (χ0v) is 13.4. The fourth-order valence-corrected chi connectivity index (χ4v) is 2.14. The molecule has 0 saturated carbocycles. The van der Waals surface area contributed by atoms with E-state index in [-0.39, 0.29) is 0 Å². The molecular weight excluding hydrogens is 276 g/mol. The second kappa shape index (κ2) is 8.98. The van der Waals surface area contributed by atoms with Crippen molar-refractivity contribution in [2.45, 2.75) is 26.2 Å². The van der Waals surface area contributed by atoms with Crippen LogP contribution in [-0.4, -0.2) is 20.3 Å². The number of methoxy groups -OCH3 is 1. The standard InChI is InChI=1S/C19H24O3/c1-3-16-10-12-17(13-11-16)21-14-6-7-15-22-19-9-5-4-8-18(19)20-2/h4-5,8-13H,3,6-7,14-15H2,1-2H3. The van der Waals surface area contributed by atoms with Gasteiger partial charge in [0.25, 0.3) is 0 Å². The van der Waals surface area contributed by atoms with Crippen LogP contribution >= 0.6 is 0 Å². The summed E-state index contributed by atoms with van der Waals surface area (Å²) in [6, 6.07) is 16.0. The molecule has 0 N–H and O–H groups in total. The van der Waals surface area contributed by atoms with Gasteiger partial charge in [-0.25, -0.2) is 0 Å². The molecule has 0 aliphatic heterocycles. The van der Waals surface area contributed by atoms with Gasteiger partial charge in [0.2, 0.25) is 0 Å². The first-order valence-electron chi connectivity index (χ1n) is 7.81. The molecule has 0 saturated heterocycles. The highest BCUT2D eigenvalue weighted by atomic mass is 16.5. The molecule has 0 spiro atoms. The first kappa shape index (κ1) is 16.2. The number of rotatable bonds is 9. The molecule has 3 heteroatoms. The van der Waals surface area contributed by atoms with Gasteiger partial charge in [0.1, 0.15) is 5.75 Å². The van der Waals surface area contributed by atoms with Crippen LogP contribution in [0.4, 0.5) is 0 Å². The molecule has 0 atom stereocenters. The van der Waals surface area contributed by atoms with E-state index in [1.165, 1.54) is 5.56 Å². The lowest BCUT2D eigenvalue weighted by Crippen LogP contribution is -2.03. The third kappa shape index (κ3) is 4.99. The summed E-state index contributed by atoms with van der Waals surface area (Å²) < 4.78 is 16.7. The van der Waals surface area contributed by atoms with Crippen LogP contribution in [-0.2, 0) is 6.42 Å². The maximum Gasteiger partial charge on any atom is 0.161 e. The van der Waals surface area contributed by atoms with Crippen LogP contribution in [0.15, 0.2) is 48.5 Å². The van der Waals surface area contributed by atoms with Crippen molar-refractivity contribution < 1.29 is 14.2 Å². The van der Waals surface area contributed by atoms with Crippen molar-refractivity contribution in [3.05, 3.63) is 54.1 Å². The number of para-hydroxylation sites is 2. The topological polar surface area (TPSA) is 27.7 Å². The minimum Gasteiger partial charge on any atom is -0.494 e. The molecule has 0 fully saturated rings. The highest BCUT2D eigenvalue weighted by molar-refractivity contribution is 5.39. The van der Waals surface area contributed by atoms with Gasteiger partial charge in [0.15, 0.2) is 11.5 Å². The zero-order chi connectivity index (χ0) is 15.6. The molecule has 0 heterocycles.